The Kier molecular flexibility index (Phi) is 6.50. The van der Waals surface area contributed by atoms with Crippen molar-refractivity contribution in [1.29, 1.82) is 0 Å². The molecule has 2 aromatic carbocycles. The number of rotatable bonds is 7. The van der Waals surface area contributed by atoms with Crippen LogP contribution in [0.2, 0.25) is 5.02 Å². The minimum Gasteiger partial charge on any atom is -0.494 e. The van der Waals surface area contributed by atoms with Crippen molar-refractivity contribution in [3.8, 4) is 5.75 Å². The highest BCUT2D eigenvalue weighted by molar-refractivity contribution is 6.31. The molecular weight excluding hydrogens is 438 g/mol. The van der Waals surface area contributed by atoms with Crippen LogP contribution in [0.1, 0.15) is 23.6 Å². The third-order valence-corrected chi connectivity index (χ3v) is 6.62. The summed E-state index contributed by atoms with van der Waals surface area (Å²) in [7, 11) is 0. The number of aliphatic hydroxyl groups excluding tert-OH is 4. The molecule has 0 spiro atoms. The zero-order valence-corrected chi connectivity index (χ0v) is 18.4. The van der Waals surface area contributed by atoms with Crippen LogP contribution in [0.15, 0.2) is 42.5 Å². The van der Waals surface area contributed by atoms with Gasteiger partial charge in [0.15, 0.2) is 5.60 Å². The van der Waals surface area contributed by atoms with Crippen molar-refractivity contribution in [2.75, 3.05) is 19.8 Å². The first-order chi connectivity index (χ1) is 15.3. The summed E-state index contributed by atoms with van der Waals surface area (Å²) >= 11 is 6.44. The third kappa shape index (κ3) is 3.70. The number of ether oxygens (including phenoxy) is 3. The molecule has 0 radical (unpaired) electrons. The van der Waals surface area contributed by atoms with Gasteiger partial charge in [-0.2, -0.15) is 0 Å². The summed E-state index contributed by atoms with van der Waals surface area (Å²) < 4.78 is 17.3. The van der Waals surface area contributed by atoms with Crippen LogP contribution in [0.5, 0.6) is 5.75 Å². The van der Waals surface area contributed by atoms with E-state index < -0.39 is 35.8 Å². The maximum Gasteiger partial charge on any atom is 0.225 e. The first-order valence-corrected chi connectivity index (χ1v) is 10.9. The maximum absolute atomic E-state index is 10.8. The van der Waals surface area contributed by atoms with Crippen molar-refractivity contribution in [1.82, 2.24) is 0 Å². The predicted octanol–water partition coefficient (Wildman–Crippen LogP) is 0.684. The van der Waals surface area contributed by atoms with Crippen molar-refractivity contribution >= 4 is 11.6 Å². The Bertz CT molecular complexity index is 958. The molecule has 4 rings (SSSR count). The molecule has 2 fully saturated rings. The quantitative estimate of drug-likeness (QED) is 0.403. The highest BCUT2D eigenvalue weighted by atomic mass is 35.5. The monoisotopic (exact) mass is 465 g/mol. The number of halogens is 1. The molecule has 0 amide bonds. The molecular formula is C23H28ClNO7. The van der Waals surface area contributed by atoms with Gasteiger partial charge in [0.25, 0.3) is 0 Å². The predicted molar refractivity (Wildman–Crippen MR) is 116 cm³/mol. The molecule has 0 aromatic heterocycles. The first-order valence-electron chi connectivity index (χ1n) is 10.5. The fourth-order valence-corrected chi connectivity index (χ4v) is 4.61. The fraction of sp³-hybridized carbons (Fsp3) is 0.478. The molecule has 8 nitrogen and oxygen atoms in total. The Morgan fingerprint density at radius 1 is 1.16 bits per heavy atom. The van der Waals surface area contributed by atoms with E-state index in [9.17, 15) is 20.4 Å². The summed E-state index contributed by atoms with van der Waals surface area (Å²) in [6, 6.07) is 12.7. The van der Waals surface area contributed by atoms with Gasteiger partial charge in [0, 0.05) is 17.1 Å². The molecule has 2 bridgehead atoms. The van der Waals surface area contributed by atoms with Gasteiger partial charge in [0.2, 0.25) is 5.79 Å². The molecule has 1 unspecified atom stereocenters. The van der Waals surface area contributed by atoms with E-state index in [0.29, 0.717) is 23.6 Å². The largest absolute Gasteiger partial charge is 0.494 e. The molecule has 2 saturated heterocycles. The Morgan fingerprint density at radius 3 is 2.53 bits per heavy atom. The molecule has 9 heteroatoms. The molecule has 2 aromatic rings. The van der Waals surface area contributed by atoms with E-state index in [2.05, 4.69) is 0 Å². The van der Waals surface area contributed by atoms with Crippen molar-refractivity contribution in [2.24, 2.45) is 5.73 Å². The number of nitrogens with two attached hydrogens (primary N) is 1. The SMILES string of the molecule is CCOc1ccc(Cc2cc([C@]34OC[C@](C(O)CN)(O3)[C@@H](O)[C@H](O)[C@H]4O)ccc2Cl)cc1. The van der Waals surface area contributed by atoms with E-state index in [1.54, 1.807) is 18.2 Å². The highest BCUT2D eigenvalue weighted by Gasteiger charge is 2.69. The Balaban J connectivity index is 1.68. The summed E-state index contributed by atoms with van der Waals surface area (Å²) in [5.74, 6) is -1.01. The molecule has 2 aliphatic rings. The van der Waals surface area contributed by atoms with Gasteiger partial charge in [-0.25, -0.2) is 0 Å². The smallest absolute Gasteiger partial charge is 0.225 e. The van der Waals surface area contributed by atoms with E-state index in [4.69, 9.17) is 31.5 Å². The van der Waals surface area contributed by atoms with Gasteiger partial charge in [-0.15, -0.1) is 0 Å². The molecule has 6 atom stereocenters. The third-order valence-electron chi connectivity index (χ3n) is 6.26. The van der Waals surface area contributed by atoms with Crippen molar-refractivity contribution in [3.63, 3.8) is 0 Å². The molecule has 32 heavy (non-hydrogen) atoms. The van der Waals surface area contributed by atoms with Crippen LogP contribution in [0, 0.1) is 0 Å². The van der Waals surface area contributed by atoms with E-state index in [0.717, 1.165) is 16.9 Å². The second-order valence-corrected chi connectivity index (χ2v) is 8.61. The second-order valence-electron chi connectivity index (χ2n) is 8.20. The van der Waals surface area contributed by atoms with E-state index in [1.807, 2.05) is 31.2 Å². The number of benzene rings is 2. The number of hydrogen-bond donors (Lipinski definition) is 5. The molecule has 2 aliphatic heterocycles. The van der Waals surface area contributed by atoms with Crippen LogP contribution in [0.25, 0.3) is 0 Å². The minimum atomic E-state index is -1.78. The maximum atomic E-state index is 10.8. The van der Waals surface area contributed by atoms with Crippen LogP contribution in [0.3, 0.4) is 0 Å². The summed E-state index contributed by atoms with van der Waals surface area (Å²) in [6.45, 7) is 2.03. The van der Waals surface area contributed by atoms with Crippen LogP contribution in [-0.4, -0.2) is 70.2 Å². The van der Waals surface area contributed by atoms with E-state index in [1.165, 1.54) is 0 Å². The van der Waals surface area contributed by atoms with Gasteiger partial charge in [-0.1, -0.05) is 29.8 Å². The number of hydrogen-bond acceptors (Lipinski definition) is 8. The number of aliphatic hydroxyl groups is 4. The number of fused-ring (bicyclic) bond motifs is 2. The molecule has 6 N–H and O–H groups in total. The van der Waals surface area contributed by atoms with Gasteiger partial charge in [0.1, 0.15) is 30.2 Å². The summed E-state index contributed by atoms with van der Waals surface area (Å²) in [6.07, 6.45) is -5.61. The lowest BCUT2D eigenvalue weighted by atomic mass is 9.80. The zero-order valence-electron chi connectivity index (χ0n) is 17.6. The van der Waals surface area contributed by atoms with Gasteiger partial charge >= 0.3 is 0 Å². The Hall–Kier alpha value is -1.75. The van der Waals surface area contributed by atoms with Gasteiger partial charge in [0.05, 0.1) is 13.2 Å². The summed E-state index contributed by atoms with van der Waals surface area (Å²) in [5, 5.41) is 42.8. The fourth-order valence-electron chi connectivity index (χ4n) is 4.43. The highest BCUT2D eigenvalue weighted by Crippen LogP contribution is 2.51. The van der Waals surface area contributed by atoms with Crippen LogP contribution in [0.4, 0.5) is 0 Å². The molecule has 0 aliphatic carbocycles. The van der Waals surface area contributed by atoms with Crippen molar-refractivity contribution < 1.29 is 34.6 Å². The molecule has 2 heterocycles. The van der Waals surface area contributed by atoms with Gasteiger partial charge in [-0.05, 0) is 48.7 Å². The van der Waals surface area contributed by atoms with E-state index in [-0.39, 0.29) is 13.2 Å². The molecule has 0 saturated carbocycles. The van der Waals surface area contributed by atoms with Crippen LogP contribution in [-0.2, 0) is 21.7 Å². The first kappa shape index (κ1) is 23.4. The Morgan fingerprint density at radius 2 is 1.88 bits per heavy atom. The zero-order chi connectivity index (χ0) is 23.1. The van der Waals surface area contributed by atoms with Gasteiger partial charge < -0.3 is 40.4 Å². The topological polar surface area (TPSA) is 135 Å². The normalized spacial score (nSPS) is 32.7. The van der Waals surface area contributed by atoms with Gasteiger partial charge in [-0.3, -0.25) is 0 Å². The van der Waals surface area contributed by atoms with Crippen molar-refractivity contribution in [2.45, 2.75) is 49.1 Å². The summed E-state index contributed by atoms with van der Waals surface area (Å²) in [4.78, 5) is 0. The van der Waals surface area contributed by atoms with Crippen molar-refractivity contribution in [3.05, 3.63) is 64.2 Å². The average Bonchev–Trinajstić information content (AvgIpc) is 3.19. The summed E-state index contributed by atoms with van der Waals surface area (Å²) in [5.41, 5.74) is 6.08. The van der Waals surface area contributed by atoms with Crippen LogP contribution >= 0.6 is 11.6 Å². The lowest BCUT2D eigenvalue weighted by molar-refractivity contribution is -0.337. The minimum absolute atomic E-state index is 0.219. The van der Waals surface area contributed by atoms with E-state index >= 15 is 0 Å². The Labute approximate surface area is 191 Å². The molecule has 174 valence electrons. The standard InChI is InChI=1S/C23H28ClNO7/c1-2-30-16-6-3-13(4-7-16)9-14-10-15(5-8-17(14)24)23-21(29)19(27)20(28)22(32-23,12-31-23)18(26)11-25/h3-8,10,18-21,26-29H,2,9,11-12,25H2,1H3/t18?,19-,20-,21+,22+,23-/m0/s1. The lowest BCUT2D eigenvalue weighted by Gasteiger charge is -2.48. The second kappa shape index (κ2) is 8.89. The average molecular weight is 466 g/mol. The van der Waals surface area contributed by atoms with Crippen LogP contribution < -0.4 is 10.5 Å². The lowest BCUT2D eigenvalue weighted by Crippen LogP contribution is -2.69.